The van der Waals surface area contributed by atoms with Gasteiger partial charge in [-0.2, -0.15) is 0 Å². The van der Waals surface area contributed by atoms with Crippen LogP contribution < -0.4 is 4.90 Å². The highest BCUT2D eigenvalue weighted by atomic mass is 35.5. The van der Waals surface area contributed by atoms with E-state index in [1.54, 1.807) is 0 Å². The number of anilines is 1. The lowest BCUT2D eigenvalue weighted by atomic mass is 10.1. The van der Waals surface area contributed by atoms with Crippen LogP contribution in [0.15, 0.2) is 24.3 Å². The van der Waals surface area contributed by atoms with Crippen molar-refractivity contribution in [2.75, 3.05) is 18.0 Å². The van der Waals surface area contributed by atoms with Crippen LogP contribution in [0.1, 0.15) is 24.1 Å². The number of sulfone groups is 1. The van der Waals surface area contributed by atoms with Crippen LogP contribution in [0.3, 0.4) is 0 Å². The van der Waals surface area contributed by atoms with Gasteiger partial charge in [0.25, 0.3) is 0 Å². The van der Waals surface area contributed by atoms with E-state index in [0.717, 1.165) is 25.0 Å². The number of halogens is 3. The van der Waals surface area contributed by atoms with E-state index < -0.39 is 21.5 Å². The maximum atomic E-state index is 14.4. The van der Waals surface area contributed by atoms with Gasteiger partial charge in [0.1, 0.15) is 17.5 Å². The molecule has 1 aromatic carbocycles. The van der Waals surface area contributed by atoms with Crippen LogP contribution in [0.25, 0.3) is 11.4 Å². The standard InChI is InChI=1S/C18H16ClF2N3O2S/c19-13-8-14(20)11(7-15(13)21)17-22-16-10-27(25,26)9-12(16)18(23-17)24-5-3-1-2-4-6-24/h1-2,7-8H,3-6,9-10H2. The van der Waals surface area contributed by atoms with E-state index in [2.05, 4.69) is 22.1 Å². The smallest absolute Gasteiger partial charge is 0.164 e. The van der Waals surface area contributed by atoms with Crippen molar-refractivity contribution in [3.8, 4) is 11.4 Å². The second-order valence-electron chi connectivity index (χ2n) is 6.61. The maximum Gasteiger partial charge on any atom is 0.164 e. The summed E-state index contributed by atoms with van der Waals surface area (Å²) >= 11 is 5.63. The fraction of sp³-hybridized carbons (Fsp3) is 0.333. The number of benzene rings is 1. The Labute approximate surface area is 160 Å². The minimum Gasteiger partial charge on any atom is -0.356 e. The molecule has 0 bridgehead atoms. The molecule has 0 spiro atoms. The Kier molecular flexibility index (Phi) is 4.63. The minimum atomic E-state index is -3.33. The van der Waals surface area contributed by atoms with Gasteiger partial charge < -0.3 is 4.90 Å². The second kappa shape index (κ2) is 6.83. The van der Waals surface area contributed by atoms with Crippen LogP contribution >= 0.6 is 11.6 Å². The summed E-state index contributed by atoms with van der Waals surface area (Å²) in [7, 11) is -3.33. The number of hydrogen-bond acceptors (Lipinski definition) is 5. The van der Waals surface area contributed by atoms with Crippen LogP contribution in [0.2, 0.25) is 5.02 Å². The highest BCUT2D eigenvalue weighted by molar-refractivity contribution is 7.90. The first-order chi connectivity index (χ1) is 12.8. The molecule has 0 radical (unpaired) electrons. The fourth-order valence-electron chi connectivity index (χ4n) is 3.36. The van der Waals surface area contributed by atoms with Gasteiger partial charge in [-0.15, -0.1) is 0 Å². The molecule has 0 fully saturated rings. The molecular weight excluding hydrogens is 396 g/mol. The summed E-state index contributed by atoms with van der Waals surface area (Å²) in [6, 6.07) is 1.81. The van der Waals surface area contributed by atoms with Gasteiger partial charge in [-0.3, -0.25) is 0 Å². The molecule has 4 rings (SSSR count). The lowest BCUT2D eigenvalue weighted by Gasteiger charge is -2.24. The van der Waals surface area contributed by atoms with Gasteiger partial charge in [-0.05, 0) is 25.0 Å². The SMILES string of the molecule is O=S1(=O)Cc2nc(-c3cc(F)c(Cl)cc3F)nc(N3CCC=CCC3)c2C1. The largest absolute Gasteiger partial charge is 0.356 e. The average Bonchev–Trinajstić information content (AvgIpc) is 2.77. The molecule has 1 aromatic heterocycles. The van der Waals surface area contributed by atoms with E-state index in [1.807, 2.05) is 4.90 Å². The average molecular weight is 412 g/mol. The van der Waals surface area contributed by atoms with Crippen LogP contribution in [-0.2, 0) is 21.3 Å². The van der Waals surface area contributed by atoms with Crippen molar-refractivity contribution in [1.82, 2.24) is 9.97 Å². The third-order valence-corrected chi connectivity index (χ3v) is 6.37. The molecule has 0 N–H and O–H groups in total. The number of aromatic nitrogens is 2. The van der Waals surface area contributed by atoms with E-state index in [0.29, 0.717) is 30.2 Å². The molecule has 27 heavy (non-hydrogen) atoms. The van der Waals surface area contributed by atoms with Gasteiger partial charge in [0.15, 0.2) is 15.7 Å². The Morgan fingerprint density at radius 3 is 2.41 bits per heavy atom. The quantitative estimate of drug-likeness (QED) is 0.557. The van der Waals surface area contributed by atoms with Crippen molar-refractivity contribution in [2.45, 2.75) is 24.3 Å². The van der Waals surface area contributed by atoms with Crippen LogP contribution in [-0.4, -0.2) is 31.5 Å². The van der Waals surface area contributed by atoms with Gasteiger partial charge in [0.05, 0.1) is 27.8 Å². The molecule has 2 aliphatic heterocycles. The van der Waals surface area contributed by atoms with Crippen molar-refractivity contribution in [2.24, 2.45) is 0 Å². The molecule has 0 atom stereocenters. The Hall–Kier alpha value is -2.06. The number of fused-ring (bicyclic) bond motifs is 1. The predicted molar refractivity (Wildman–Crippen MR) is 99.3 cm³/mol. The van der Waals surface area contributed by atoms with Gasteiger partial charge in [-0.1, -0.05) is 23.8 Å². The van der Waals surface area contributed by atoms with Crippen LogP contribution in [0.4, 0.5) is 14.6 Å². The molecule has 0 amide bonds. The van der Waals surface area contributed by atoms with Crippen LogP contribution in [0.5, 0.6) is 0 Å². The number of hydrogen-bond donors (Lipinski definition) is 0. The normalized spacial score (nSPS) is 18.4. The van der Waals surface area contributed by atoms with Gasteiger partial charge in [0.2, 0.25) is 0 Å². The summed E-state index contributed by atoms with van der Waals surface area (Å²) in [5.41, 5.74) is 0.760. The maximum absolute atomic E-state index is 14.4. The molecule has 0 aliphatic carbocycles. The zero-order chi connectivity index (χ0) is 19.2. The second-order valence-corrected chi connectivity index (χ2v) is 9.08. The highest BCUT2D eigenvalue weighted by Gasteiger charge is 2.32. The molecule has 2 aliphatic rings. The predicted octanol–water partition coefficient (Wildman–Crippen LogP) is 3.66. The van der Waals surface area contributed by atoms with Gasteiger partial charge in [0, 0.05) is 18.7 Å². The van der Waals surface area contributed by atoms with Gasteiger partial charge >= 0.3 is 0 Å². The highest BCUT2D eigenvalue weighted by Crippen LogP contribution is 2.35. The summed E-state index contributed by atoms with van der Waals surface area (Å²) in [4.78, 5) is 10.7. The molecule has 2 aromatic rings. The molecule has 9 heteroatoms. The molecule has 0 saturated heterocycles. The number of rotatable bonds is 2. The first-order valence-corrected chi connectivity index (χ1v) is 10.7. The Bertz CT molecular complexity index is 1050. The van der Waals surface area contributed by atoms with E-state index >= 15 is 0 Å². The van der Waals surface area contributed by atoms with Crippen molar-refractivity contribution >= 4 is 27.3 Å². The summed E-state index contributed by atoms with van der Waals surface area (Å²) < 4.78 is 52.6. The van der Waals surface area contributed by atoms with Crippen LogP contribution in [0, 0.1) is 11.6 Å². The monoisotopic (exact) mass is 411 g/mol. The number of nitrogens with zero attached hydrogens (tertiary/aromatic N) is 3. The Balaban J connectivity index is 1.88. The molecule has 3 heterocycles. The summed E-state index contributed by atoms with van der Waals surface area (Å²) in [6.45, 7) is 1.33. The minimum absolute atomic E-state index is 0.0360. The zero-order valence-corrected chi connectivity index (χ0v) is 15.8. The topological polar surface area (TPSA) is 63.2 Å². The first-order valence-electron chi connectivity index (χ1n) is 8.49. The third kappa shape index (κ3) is 3.55. The Morgan fingerprint density at radius 2 is 1.70 bits per heavy atom. The van der Waals surface area contributed by atoms with Crippen molar-refractivity contribution in [3.63, 3.8) is 0 Å². The zero-order valence-electron chi connectivity index (χ0n) is 14.3. The lowest BCUT2D eigenvalue weighted by molar-refractivity contribution is 0.597. The first kappa shape index (κ1) is 18.3. The van der Waals surface area contributed by atoms with Crippen molar-refractivity contribution < 1.29 is 17.2 Å². The van der Waals surface area contributed by atoms with E-state index in [4.69, 9.17) is 11.6 Å². The third-order valence-electron chi connectivity index (χ3n) is 4.64. The molecule has 5 nitrogen and oxygen atoms in total. The molecular formula is C18H16ClF2N3O2S. The van der Waals surface area contributed by atoms with E-state index in [9.17, 15) is 17.2 Å². The molecule has 142 valence electrons. The lowest BCUT2D eigenvalue weighted by Crippen LogP contribution is -2.27. The Morgan fingerprint density at radius 1 is 1.00 bits per heavy atom. The van der Waals surface area contributed by atoms with E-state index in [1.165, 1.54) is 0 Å². The van der Waals surface area contributed by atoms with Crippen molar-refractivity contribution in [3.05, 3.63) is 52.2 Å². The molecule has 0 unspecified atom stereocenters. The fourth-order valence-corrected chi connectivity index (χ4v) is 5.00. The summed E-state index contributed by atoms with van der Waals surface area (Å²) in [6.07, 6.45) is 5.72. The summed E-state index contributed by atoms with van der Waals surface area (Å²) in [5.74, 6) is -1.47. The van der Waals surface area contributed by atoms with Crippen molar-refractivity contribution in [1.29, 1.82) is 0 Å². The van der Waals surface area contributed by atoms with E-state index in [-0.39, 0.29) is 27.9 Å². The molecule has 0 saturated carbocycles. The van der Waals surface area contributed by atoms with Gasteiger partial charge in [-0.25, -0.2) is 27.2 Å². The summed E-state index contributed by atoms with van der Waals surface area (Å²) in [5, 5.41) is -0.334.